The molecule has 0 bridgehead atoms. The second-order valence-corrected chi connectivity index (χ2v) is 11.5. The van der Waals surface area contributed by atoms with Crippen molar-refractivity contribution in [3.05, 3.63) is 162 Å². The van der Waals surface area contributed by atoms with E-state index in [1.165, 1.54) is 43.0 Å². The van der Waals surface area contributed by atoms with E-state index in [-0.39, 0.29) is 0 Å². The van der Waals surface area contributed by atoms with Gasteiger partial charge in [0.25, 0.3) is 0 Å². The van der Waals surface area contributed by atoms with E-state index in [1.54, 1.807) is 0 Å². The molecule has 1 aliphatic rings. The van der Waals surface area contributed by atoms with E-state index in [1.807, 2.05) is 36.0 Å². The Morgan fingerprint density at radius 3 is 2.23 bits per heavy atom. The Hall–Kier alpha value is -5.30. The summed E-state index contributed by atoms with van der Waals surface area (Å²) < 4.78 is 2.43. The average Bonchev–Trinajstić information content (AvgIpc) is 3.34. The monoisotopic (exact) mass is 568 g/mol. The number of aromatic nitrogens is 1. The third-order valence-electron chi connectivity index (χ3n) is 7.97. The molecule has 1 aromatic heterocycles. The number of allylic oxidation sites excluding steroid dienone is 4. The van der Waals surface area contributed by atoms with E-state index in [9.17, 15) is 5.26 Å². The molecule has 0 radical (unpaired) electrons. The number of hydrogen-bond acceptors (Lipinski definition) is 2. The van der Waals surface area contributed by atoms with Crippen LogP contribution in [0.2, 0.25) is 0 Å². The molecule has 0 spiro atoms. The summed E-state index contributed by atoms with van der Waals surface area (Å²) in [6, 6.07) is 44.7. The SMILES string of the molecule is C=C/C=C1\C(=C/C)Sc2ccccc2-c2c1n(-c1ccc(-c3cccc(C#N)c3)cc1)c1c(-c3ccccc3)cccc21. The fraction of sp³-hybridized carbons (Fsp3) is 0.0250. The molecule has 2 heterocycles. The van der Waals surface area contributed by atoms with Gasteiger partial charge in [-0.2, -0.15) is 5.26 Å². The maximum absolute atomic E-state index is 9.44. The summed E-state index contributed by atoms with van der Waals surface area (Å²) in [6.07, 6.45) is 6.24. The lowest BCUT2D eigenvalue weighted by Gasteiger charge is -2.17. The maximum Gasteiger partial charge on any atom is 0.0991 e. The number of benzene rings is 5. The van der Waals surface area contributed by atoms with Gasteiger partial charge in [0.1, 0.15) is 0 Å². The zero-order chi connectivity index (χ0) is 29.3. The molecule has 0 atom stereocenters. The summed E-state index contributed by atoms with van der Waals surface area (Å²) in [5.74, 6) is 0. The molecular weight excluding hydrogens is 541 g/mol. The number of rotatable bonds is 4. The first-order valence-electron chi connectivity index (χ1n) is 14.3. The van der Waals surface area contributed by atoms with Gasteiger partial charge in [0.05, 0.1) is 22.8 Å². The van der Waals surface area contributed by atoms with Crippen molar-refractivity contribution in [2.45, 2.75) is 11.8 Å². The minimum Gasteiger partial charge on any atom is -0.308 e. The quantitative estimate of drug-likeness (QED) is 0.212. The van der Waals surface area contributed by atoms with Crippen LogP contribution in [0.25, 0.3) is 55.5 Å². The summed E-state index contributed by atoms with van der Waals surface area (Å²) >= 11 is 1.81. The largest absolute Gasteiger partial charge is 0.308 e. The molecule has 1 aliphatic heterocycles. The molecule has 5 aromatic carbocycles. The molecule has 43 heavy (non-hydrogen) atoms. The Bertz CT molecular complexity index is 2120. The molecule has 0 N–H and O–H groups in total. The lowest BCUT2D eigenvalue weighted by molar-refractivity contribution is 1.10. The number of nitrogens with zero attached hydrogens (tertiary/aromatic N) is 2. The van der Waals surface area contributed by atoms with Crippen molar-refractivity contribution < 1.29 is 0 Å². The van der Waals surface area contributed by atoms with Gasteiger partial charge in [-0.15, -0.1) is 0 Å². The van der Waals surface area contributed by atoms with Gasteiger partial charge in [0.2, 0.25) is 0 Å². The lowest BCUT2D eigenvalue weighted by Crippen LogP contribution is -2.02. The van der Waals surface area contributed by atoms with Crippen molar-refractivity contribution in [1.29, 1.82) is 5.26 Å². The fourth-order valence-electron chi connectivity index (χ4n) is 6.09. The summed E-state index contributed by atoms with van der Waals surface area (Å²) in [4.78, 5) is 2.43. The molecule has 6 aromatic rings. The minimum absolute atomic E-state index is 0.657. The predicted molar refractivity (Wildman–Crippen MR) is 182 cm³/mol. The van der Waals surface area contributed by atoms with Crippen LogP contribution >= 0.6 is 11.8 Å². The van der Waals surface area contributed by atoms with Crippen molar-refractivity contribution in [2.24, 2.45) is 0 Å². The van der Waals surface area contributed by atoms with Gasteiger partial charge in [-0.25, -0.2) is 0 Å². The van der Waals surface area contributed by atoms with Crippen molar-refractivity contribution in [1.82, 2.24) is 4.57 Å². The number of thioether (sulfide) groups is 1. The standard InChI is InChI=1S/C40H28N2S/c1-3-12-34-36(4-2)43-37-20-9-8-17-33(37)38-35-19-11-18-32(29-14-6-5-7-15-29)39(35)42(40(34)38)31-23-21-28(22-24-31)30-16-10-13-27(25-30)26-41/h3-25H,1H2,2H3/b34-12+,36-4+. The minimum atomic E-state index is 0.657. The van der Waals surface area contributed by atoms with Crippen LogP contribution in [0.1, 0.15) is 18.2 Å². The van der Waals surface area contributed by atoms with Crippen LogP contribution < -0.4 is 0 Å². The smallest absolute Gasteiger partial charge is 0.0991 e. The topological polar surface area (TPSA) is 28.7 Å². The second kappa shape index (κ2) is 11.2. The highest BCUT2D eigenvalue weighted by Gasteiger charge is 2.30. The highest BCUT2D eigenvalue weighted by Crippen LogP contribution is 2.53. The fourth-order valence-corrected chi connectivity index (χ4v) is 7.15. The summed E-state index contributed by atoms with van der Waals surface area (Å²) in [6.45, 7) is 6.22. The Kier molecular flexibility index (Phi) is 6.91. The Balaban J connectivity index is 1.60. The van der Waals surface area contributed by atoms with E-state index in [0.717, 1.165) is 28.1 Å². The van der Waals surface area contributed by atoms with Crippen LogP contribution in [-0.4, -0.2) is 4.57 Å². The molecule has 0 amide bonds. The molecule has 0 unspecified atom stereocenters. The highest BCUT2D eigenvalue weighted by atomic mass is 32.2. The molecular formula is C40H28N2S. The van der Waals surface area contributed by atoms with Gasteiger partial charge < -0.3 is 4.57 Å². The summed E-state index contributed by atoms with van der Waals surface area (Å²) in [7, 11) is 0. The maximum atomic E-state index is 9.44. The average molecular weight is 569 g/mol. The summed E-state index contributed by atoms with van der Waals surface area (Å²) in [5, 5.41) is 10.7. The first-order chi connectivity index (χ1) is 21.2. The Labute approximate surface area is 256 Å². The highest BCUT2D eigenvalue weighted by molar-refractivity contribution is 8.03. The Morgan fingerprint density at radius 1 is 0.744 bits per heavy atom. The van der Waals surface area contributed by atoms with Crippen LogP contribution in [0.15, 0.2) is 156 Å². The molecule has 2 nitrogen and oxygen atoms in total. The van der Waals surface area contributed by atoms with Gasteiger partial charge in [0, 0.05) is 37.6 Å². The van der Waals surface area contributed by atoms with Crippen molar-refractivity contribution in [3.8, 4) is 45.1 Å². The van der Waals surface area contributed by atoms with Crippen LogP contribution in [0.4, 0.5) is 0 Å². The molecule has 204 valence electrons. The van der Waals surface area contributed by atoms with E-state index in [4.69, 9.17) is 0 Å². The zero-order valence-corrected chi connectivity index (χ0v) is 24.6. The van der Waals surface area contributed by atoms with Gasteiger partial charge in [-0.1, -0.05) is 128 Å². The number of hydrogen-bond donors (Lipinski definition) is 0. The van der Waals surface area contributed by atoms with Gasteiger partial charge in [0.15, 0.2) is 0 Å². The first-order valence-corrected chi connectivity index (χ1v) is 15.1. The molecule has 0 fully saturated rings. The van der Waals surface area contributed by atoms with Gasteiger partial charge >= 0.3 is 0 Å². The van der Waals surface area contributed by atoms with Crippen molar-refractivity contribution >= 4 is 28.2 Å². The van der Waals surface area contributed by atoms with Crippen molar-refractivity contribution in [3.63, 3.8) is 0 Å². The van der Waals surface area contributed by atoms with E-state index in [2.05, 4.69) is 139 Å². The lowest BCUT2D eigenvalue weighted by atomic mass is 9.96. The second-order valence-electron chi connectivity index (χ2n) is 10.4. The number of para-hydroxylation sites is 1. The zero-order valence-electron chi connectivity index (χ0n) is 23.8. The Morgan fingerprint density at radius 2 is 1.47 bits per heavy atom. The van der Waals surface area contributed by atoms with E-state index >= 15 is 0 Å². The van der Waals surface area contributed by atoms with Gasteiger partial charge in [-0.05, 0) is 59.5 Å². The third-order valence-corrected chi connectivity index (χ3v) is 9.22. The normalized spacial score (nSPS) is 14.2. The van der Waals surface area contributed by atoms with Gasteiger partial charge in [-0.3, -0.25) is 0 Å². The van der Waals surface area contributed by atoms with E-state index in [0.29, 0.717) is 5.56 Å². The molecule has 0 aliphatic carbocycles. The molecule has 3 heteroatoms. The predicted octanol–water partition coefficient (Wildman–Crippen LogP) is 11.1. The molecule has 7 rings (SSSR count). The number of fused-ring (bicyclic) bond motifs is 5. The van der Waals surface area contributed by atoms with Crippen LogP contribution in [0.3, 0.4) is 0 Å². The molecule has 0 saturated carbocycles. The van der Waals surface area contributed by atoms with Crippen LogP contribution in [0.5, 0.6) is 0 Å². The van der Waals surface area contributed by atoms with E-state index < -0.39 is 0 Å². The first kappa shape index (κ1) is 26.6. The number of nitriles is 1. The molecule has 0 saturated heterocycles. The van der Waals surface area contributed by atoms with Crippen molar-refractivity contribution in [2.75, 3.05) is 0 Å². The van der Waals surface area contributed by atoms with Crippen LogP contribution in [-0.2, 0) is 0 Å². The third kappa shape index (κ3) is 4.54. The summed E-state index contributed by atoms with van der Waals surface area (Å²) in [5.41, 5.74) is 12.1. The van der Waals surface area contributed by atoms with Crippen LogP contribution in [0, 0.1) is 11.3 Å².